The van der Waals surface area contributed by atoms with Crippen LogP contribution in [-0.2, 0) is 9.53 Å². The number of carbonyl (C=O) groups is 2. The third-order valence-corrected chi connectivity index (χ3v) is 6.18. The van der Waals surface area contributed by atoms with Crippen LogP contribution in [0.2, 0.25) is 0 Å². The molecule has 0 saturated heterocycles. The number of rotatable bonds is 7. The van der Waals surface area contributed by atoms with Gasteiger partial charge in [0.15, 0.2) is 0 Å². The SMILES string of the molecule is CCOC(=O)c1c(NC(=O)C(C#N)=Cc2ccc(-c3ccc(C)c([N+](=O)[O-])c3)o2)sc(C)c1C. The van der Waals surface area contributed by atoms with E-state index in [1.165, 1.54) is 23.5 Å². The number of nitriles is 1. The fourth-order valence-corrected chi connectivity index (χ4v) is 4.21. The molecule has 9 nitrogen and oxygen atoms in total. The lowest BCUT2D eigenvalue weighted by Crippen LogP contribution is -2.16. The first-order chi connectivity index (χ1) is 16.2. The minimum Gasteiger partial charge on any atom is -0.462 e. The molecule has 1 aromatic carbocycles. The van der Waals surface area contributed by atoms with Crippen molar-refractivity contribution in [1.29, 1.82) is 5.26 Å². The van der Waals surface area contributed by atoms with Crippen LogP contribution in [0, 0.1) is 42.2 Å². The van der Waals surface area contributed by atoms with Gasteiger partial charge in [0.1, 0.15) is 28.2 Å². The van der Waals surface area contributed by atoms with Gasteiger partial charge in [-0.05, 0) is 45.4 Å². The van der Waals surface area contributed by atoms with Crippen molar-refractivity contribution in [3.63, 3.8) is 0 Å². The average molecular weight is 480 g/mol. The van der Waals surface area contributed by atoms with E-state index < -0.39 is 16.8 Å². The average Bonchev–Trinajstić information content (AvgIpc) is 3.36. The zero-order chi connectivity index (χ0) is 25.0. The Kier molecular flexibility index (Phi) is 7.28. The van der Waals surface area contributed by atoms with Crippen LogP contribution >= 0.6 is 11.3 Å². The van der Waals surface area contributed by atoms with Gasteiger partial charge in [-0.1, -0.05) is 12.1 Å². The van der Waals surface area contributed by atoms with Gasteiger partial charge in [-0.2, -0.15) is 5.26 Å². The molecule has 2 aromatic heterocycles. The minimum atomic E-state index is -0.710. The number of thiophene rings is 1. The number of carbonyl (C=O) groups excluding carboxylic acids is 2. The number of hydrogen-bond acceptors (Lipinski definition) is 8. The van der Waals surface area contributed by atoms with E-state index in [9.17, 15) is 25.0 Å². The van der Waals surface area contributed by atoms with Gasteiger partial charge >= 0.3 is 5.97 Å². The summed E-state index contributed by atoms with van der Waals surface area (Å²) in [6.07, 6.45) is 1.26. The highest BCUT2D eigenvalue weighted by atomic mass is 32.1. The summed E-state index contributed by atoms with van der Waals surface area (Å²) in [4.78, 5) is 36.7. The molecule has 3 rings (SSSR count). The van der Waals surface area contributed by atoms with Crippen molar-refractivity contribution in [2.75, 3.05) is 11.9 Å². The second-order valence-corrected chi connectivity index (χ2v) is 8.52. The van der Waals surface area contributed by atoms with Gasteiger partial charge in [0, 0.05) is 28.1 Å². The van der Waals surface area contributed by atoms with Crippen molar-refractivity contribution in [2.45, 2.75) is 27.7 Å². The van der Waals surface area contributed by atoms with Crippen molar-refractivity contribution >= 4 is 40.0 Å². The van der Waals surface area contributed by atoms with Crippen LogP contribution in [0.3, 0.4) is 0 Å². The fourth-order valence-electron chi connectivity index (χ4n) is 3.17. The maximum Gasteiger partial charge on any atom is 0.341 e. The number of nitrogens with zero attached hydrogens (tertiary/aromatic N) is 2. The lowest BCUT2D eigenvalue weighted by Gasteiger charge is -2.06. The van der Waals surface area contributed by atoms with Crippen molar-refractivity contribution in [2.24, 2.45) is 0 Å². The van der Waals surface area contributed by atoms with Crippen molar-refractivity contribution in [3.8, 4) is 17.4 Å². The van der Waals surface area contributed by atoms with E-state index in [0.717, 1.165) is 4.88 Å². The molecule has 1 N–H and O–H groups in total. The van der Waals surface area contributed by atoms with Crippen LogP contribution in [0.4, 0.5) is 10.7 Å². The Hall–Kier alpha value is -4.23. The number of furan rings is 1. The summed E-state index contributed by atoms with van der Waals surface area (Å²) in [5.74, 6) is -0.696. The van der Waals surface area contributed by atoms with E-state index in [-0.39, 0.29) is 29.2 Å². The highest BCUT2D eigenvalue weighted by molar-refractivity contribution is 7.16. The van der Waals surface area contributed by atoms with Crippen LogP contribution in [0.15, 0.2) is 40.3 Å². The second-order valence-electron chi connectivity index (χ2n) is 7.29. The summed E-state index contributed by atoms with van der Waals surface area (Å²) in [6.45, 7) is 7.09. The lowest BCUT2D eigenvalue weighted by atomic mass is 10.1. The topological polar surface area (TPSA) is 135 Å². The molecular weight excluding hydrogens is 458 g/mol. The molecule has 34 heavy (non-hydrogen) atoms. The maximum atomic E-state index is 12.8. The Balaban J connectivity index is 1.87. The number of esters is 1. The quantitative estimate of drug-likeness (QED) is 0.154. The number of nitrogens with one attached hydrogen (secondary N) is 1. The predicted octanol–water partition coefficient (Wildman–Crippen LogP) is 5.56. The molecule has 0 spiro atoms. The first kappa shape index (κ1) is 24.4. The van der Waals surface area contributed by atoms with Gasteiger partial charge in [-0.3, -0.25) is 14.9 Å². The molecule has 0 fully saturated rings. The molecule has 0 atom stereocenters. The first-order valence-corrected chi connectivity index (χ1v) is 11.0. The predicted molar refractivity (Wildman–Crippen MR) is 128 cm³/mol. The van der Waals surface area contributed by atoms with E-state index in [1.54, 1.807) is 45.0 Å². The molecule has 174 valence electrons. The number of nitro benzene ring substituents is 1. The number of ether oxygens (including phenoxy) is 1. The molecule has 2 heterocycles. The molecule has 10 heteroatoms. The van der Waals surface area contributed by atoms with E-state index in [4.69, 9.17) is 9.15 Å². The summed E-state index contributed by atoms with van der Waals surface area (Å²) >= 11 is 1.22. The Morgan fingerprint density at radius 1 is 1.26 bits per heavy atom. The zero-order valence-electron chi connectivity index (χ0n) is 18.9. The highest BCUT2D eigenvalue weighted by Crippen LogP contribution is 2.34. The zero-order valence-corrected chi connectivity index (χ0v) is 19.7. The van der Waals surface area contributed by atoms with Gasteiger partial charge in [0.25, 0.3) is 11.6 Å². The molecule has 0 aliphatic carbocycles. The maximum absolute atomic E-state index is 12.8. The minimum absolute atomic E-state index is 0.0398. The second kappa shape index (κ2) is 10.1. The van der Waals surface area contributed by atoms with Crippen molar-refractivity contribution in [1.82, 2.24) is 0 Å². The summed E-state index contributed by atoms with van der Waals surface area (Å²) in [6, 6.07) is 9.68. The summed E-state index contributed by atoms with van der Waals surface area (Å²) in [5.41, 5.74) is 1.69. The Morgan fingerprint density at radius 2 is 2.00 bits per heavy atom. The van der Waals surface area contributed by atoms with E-state index in [2.05, 4.69) is 5.32 Å². The monoisotopic (exact) mass is 479 g/mol. The number of nitro groups is 1. The standard InChI is InChI=1S/C24H21N3O6S/c1-5-32-24(29)21-14(3)15(4)34-23(21)26-22(28)17(12-25)10-18-8-9-20(33-18)16-7-6-13(2)19(11-16)27(30)31/h6-11H,5H2,1-4H3,(H,26,28). The number of anilines is 1. The van der Waals surface area contributed by atoms with Gasteiger partial charge in [-0.25, -0.2) is 4.79 Å². The van der Waals surface area contributed by atoms with Gasteiger partial charge in [0.2, 0.25) is 0 Å². The summed E-state index contributed by atoms with van der Waals surface area (Å²) in [5, 5.41) is 23.6. The molecular formula is C24H21N3O6S. The number of amides is 1. The van der Waals surface area contributed by atoms with Gasteiger partial charge < -0.3 is 14.5 Å². The molecule has 0 saturated carbocycles. The third-order valence-electron chi connectivity index (χ3n) is 5.06. The molecule has 3 aromatic rings. The molecule has 1 amide bonds. The Morgan fingerprint density at radius 3 is 2.65 bits per heavy atom. The molecule has 0 bridgehead atoms. The van der Waals surface area contributed by atoms with Gasteiger partial charge in [-0.15, -0.1) is 11.3 Å². The van der Waals surface area contributed by atoms with Crippen LogP contribution in [-0.4, -0.2) is 23.4 Å². The van der Waals surface area contributed by atoms with Crippen LogP contribution in [0.1, 0.15) is 39.0 Å². The fraction of sp³-hybridized carbons (Fsp3) is 0.208. The molecule has 0 unspecified atom stereocenters. The summed E-state index contributed by atoms with van der Waals surface area (Å²) < 4.78 is 10.8. The summed E-state index contributed by atoms with van der Waals surface area (Å²) in [7, 11) is 0. The normalized spacial score (nSPS) is 11.1. The largest absolute Gasteiger partial charge is 0.462 e. The number of hydrogen-bond donors (Lipinski definition) is 1. The highest BCUT2D eigenvalue weighted by Gasteiger charge is 2.23. The van der Waals surface area contributed by atoms with Gasteiger partial charge in [0.05, 0.1) is 17.1 Å². The van der Waals surface area contributed by atoms with E-state index in [1.807, 2.05) is 13.0 Å². The van der Waals surface area contributed by atoms with Crippen molar-refractivity contribution in [3.05, 3.63) is 73.3 Å². The molecule has 0 aliphatic rings. The lowest BCUT2D eigenvalue weighted by molar-refractivity contribution is -0.385. The van der Waals surface area contributed by atoms with Crippen LogP contribution in [0.25, 0.3) is 17.4 Å². The Labute approximate surface area is 199 Å². The van der Waals surface area contributed by atoms with E-state index in [0.29, 0.717) is 27.5 Å². The molecule has 0 aliphatic heterocycles. The molecule has 0 radical (unpaired) electrons. The van der Waals surface area contributed by atoms with Crippen LogP contribution < -0.4 is 5.32 Å². The Bertz CT molecular complexity index is 1360. The third kappa shape index (κ3) is 5.05. The smallest absolute Gasteiger partial charge is 0.341 e. The number of aryl methyl sites for hydroxylation is 2. The van der Waals surface area contributed by atoms with Crippen LogP contribution in [0.5, 0.6) is 0 Å². The first-order valence-electron chi connectivity index (χ1n) is 10.2. The van der Waals surface area contributed by atoms with E-state index >= 15 is 0 Å². The number of benzene rings is 1. The van der Waals surface area contributed by atoms with Crippen molar-refractivity contribution < 1.29 is 23.7 Å².